The molecular formula is C24H23N9O3. The van der Waals surface area contributed by atoms with Crippen LogP contribution in [0.1, 0.15) is 23.1 Å². The highest BCUT2D eigenvalue weighted by atomic mass is 16.5. The Labute approximate surface area is 206 Å². The van der Waals surface area contributed by atoms with Gasteiger partial charge in [0, 0.05) is 31.4 Å². The number of rotatable bonds is 5. The fourth-order valence-corrected chi connectivity index (χ4v) is 4.79. The van der Waals surface area contributed by atoms with Crippen molar-refractivity contribution in [2.24, 2.45) is 0 Å². The largest absolute Gasteiger partial charge is 0.495 e. The van der Waals surface area contributed by atoms with Crippen molar-refractivity contribution in [3.8, 4) is 23.0 Å². The fourth-order valence-electron chi connectivity index (χ4n) is 4.79. The molecular weight excluding hydrogens is 462 g/mol. The molecule has 12 nitrogen and oxygen atoms in total. The molecule has 182 valence electrons. The van der Waals surface area contributed by atoms with Crippen LogP contribution in [0.5, 0.6) is 5.75 Å². The number of amides is 1. The minimum Gasteiger partial charge on any atom is -0.495 e. The molecule has 1 amide bonds. The summed E-state index contributed by atoms with van der Waals surface area (Å²) in [6.07, 6.45) is 6.59. The van der Waals surface area contributed by atoms with Gasteiger partial charge < -0.3 is 19.5 Å². The van der Waals surface area contributed by atoms with E-state index in [1.54, 1.807) is 41.4 Å². The summed E-state index contributed by atoms with van der Waals surface area (Å²) in [5.41, 5.74) is 2.93. The molecule has 12 heteroatoms. The number of anilines is 1. The number of Topliss-reactive ketones (excluding diaryl/α,β-unsaturated/α-hetero) is 1. The highest BCUT2D eigenvalue weighted by Gasteiger charge is 2.40. The normalized spacial score (nSPS) is 16.3. The van der Waals surface area contributed by atoms with Crippen LogP contribution in [0.2, 0.25) is 0 Å². The molecule has 4 aromatic rings. The van der Waals surface area contributed by atoms with Crippen LogP contribution in [0.15, 0.2) is 43.1 Å². The first-order valence-corrected chi connectivity index (χ1v) is 11.5. The third kappa shape index (κ3) is 3.49. The number of nitrogens with zero attached hydrogens (tertiary/aromatic N) is 8. The second kappa shape index (κ2) is 8.56. The molecule has 2 aliphatic rings. The number of fused-ring (bicyclic) bond motifs is 2. The van der Waals surface area contributed by atoms with E-state index >= 15 is 0 Å². The first-order chi connectivity index (χ1) is 17.5. The monoisotopic (exact) mass is 485 g/mol. The number of ketones is 1. The van der Waals surface area contributed by atoms with E-state index in [9.17, 15) is 9.59 Å². The van der Waals surface area contributed by atoms with Gasteiger partial charge in [0.2, 0.25) is 5.78 Å². The number of ether oxygens (including phenoxy) is 1. The quantitative estimate of drug-likeness (QED) is 0.416. The third-order valence-corrected chi connectivity index (χ3v) is 6.54. The van der Waals surface area contributed by atoms with E-state index in [0.29, 0.717) is 41.7 Å². The molecule has 0 bridgehead atoms. The maximum absolute atomic E-state index is 13.5. The molecule has 6 rings (SSSR count). The number of methoxy groups -OCH3 is 1. The van der Waals surface area contributed by atoms with Gasteiger partial charge in [-0.05, 0) is 19.1 Å². The zero-order valence-corrected chi connectivity index (χ0v) is 19.7. The number of aryl methyl sites for hydroxylation is 1. The van der Waals surface area contributed by atoms with Gasteiger partial charge in [-0.1, -0.05) is 6.07 Å². The number of imidazole rings is 1. The number of aromatic nitrogens is 7. The number of hydrogen-bond donors (Lipinski definition) is 1. The lowest BCUT2D eigenvalue weighted by atomic mass is 9.95. The van der Waals surface area contributed by atoms with Crippen LogP contribution in [-0.4, -0.2) is 71.1 Å². The van der Waals surface area contributed by atoms with E-state index in [1.165, 1.54) is 7.11 Å². The van der Waals surface area contributed by atoms with Crippen LogP contribution in [0.3, 0.4) is 0 Å². The Hall–Kier alpha value is -4.61. The first kappa shape index (κ1) is 21.9. The van der Waals surface area contributed by atoms with Crippen LogP contribution in [0.25, 0.3) is 17.2 Å². The van der Waals surface area contributed by atoms with E-state index in [-0.39, 0.29) is 13.1 Å². The zero-order valence-electron chi connectivity index (χ0n) is 19.7. The number of carbonyl (C=O) groups excluding carboxylic acids is 2. The summed E-state index contributed by atoms with van der Waals surface area (Å²) in [5, 5.41) is 7.56. The maximum atomic E-state index is 13.5. The van der Waals surface area contributed by atoms with Crippen molar-refractivity contribution in [1.29, 1.82) is 0 Å². The van der Waals surface area contributed by atoms with Gasteiger partial charge in [-0.15, -0.1) is 0 Å². The van der Waals surface area contributed by atoms with E-state index in [1.807, 2.05) is 22.8 Å². The summed E-state index contributed by atoms with van der Waals surface area (Å²) in [6.45, 7) is 3.22. The van der Waals surface area contributed by atoms with Gasteiger partial charge in [-0.2, -0.15) is 5.10 Å². The van der Waals surface area contributed by atoms with E-state index in [0.717, 1.165) is 17.2 Å². The summed E-state index contributed by atoms with van der Waals surface area (Å²) in [4.78, 5) is 45.9. The standard InChI is InChI=1S/C24H23N9O3/c1-14-29-13-33(30-14)23-21-20(18(36-2)11-28-23)15(9-27-21)22(34)24(35)31-7-8-32-17(10-26-19(32)12-31)16-5-3-4-6-25-16/h3-6,10-11,13,15,27H,7-9,12H2,1-2H3. The van der Waals surface area contributed by atoms with Crippen molar-refractivity contribution in [2.75, 3.05) is 25.5 Å². The molecule has 1 atom stereocenters. The summed E-state index contributed by atoms with van der Waals surface area (Å²) in [6, 6.07) is 5.71. The molecule has 1 N–H and O–H groups in total. The van der Waals surface area contributed by atoms with Crippen LogP contribution in [0.4, 0.5) is 5.69 Å². The minimum absolute atomic E-state index is 0.251. The summed E-state index contributed by atoms with van der Waals surface area (Å²) < 4.78 is 9.09. The Kier molecular flexibility index (Phi) is 5.20. The Morgan fingerprint density at radius 3 is 2.75 bits per heavy atom. The average molecular weight is 486 g/mol. The molecule has 0 saturated heterocycles. The highest BCUT2D eigenvalue weighted by molar-refractivity contribution is 6.38. The number of carbonyl (C=O) groups is 2. The van der Waals surface area contributed by atoms with Crippen molar-refractivity contribution in [3.05, 3.63) is 60.3 Å². The lowest BCUT2D eigenvalue weighted by Gasteiger charge is -2.28. The van der Waals surface area contributed by atoms with Crippen LogP contribution in [-0.2, 0) is 22.7 Å². The highest BCUT2D eigenvalue weighted by Crippen LogP contribution is 2.42. The third-order valence-electron chi connectivity index (χ3n) is 6.54. The molecule has 0 radical (unpaired) electrons. The molecule has 0 aliphatic carbocycles. The fraction of sp³-hybridized carbons (Fsp3) is 0.292. The van der Waals surface area contributed by atoms with Crippen molar-refractivity contribution in [3.63, 3.8) is 0 Å². The molecule has 0 saturated carbocycles. The van der Waals surface area contributed by atoms with E-state index in [4.69, 9.17) is 4.74 Å². The van der Waals surface area contributed by atoms with Gasteiger partial charge in [-0.25, -0.2) is 19.6 Å². The van der Waals surface area contributed by atoms with Crippen molar-refractivity contribution in [2.45, 2.75) is 25.9 Å². The van der Waals surface area contributed by atoms with Crippen molar-refractivity contribution < 1.29 is 14.3 Å². The van der Waals surface area contributed by atoms with Gasteiger partial charge in [0.1, 0.15) is 23.7 Å². The molecule has 0 spiro atoms. The lowest BCUT2D eigenvalue weighted by Crippen LogP contribution is -2.43. The van der Waals surface area contributed by atoms with Crippen LogP contribution in [0, 0.1) is 6.92 Å². The van der Waals surface area contributed by atoms with Gasteiger partial charge in [0.25, 0.3) is 5.91 Å². The predicted molar refractivity (Wildman–Crippen MR) is 128 cm³/mol. The first-order valence-electron chi connectivity index (χ1n) is 11.5. The second-order valence-corrected chi connectivity index (χ2v) is 8.63. The Morgan fingerprint density at radius 2 is 2.00 bits per heavy atom. The van der Waals surface area contributed by atoms with Crippen molar-refractivity contribution >= 4 is 17.4 Å². The van der Waals surface area contributed by atoms with E-state index in [2.05, 4.69) is 30.4 Å². The zero-order chi connectivity index (χ0) is 24.8. The smallest absolute Gasteiger partial charge is 0.291 e. The maximum Gasteiger partial charge on any atom is 0.291 e. The summed E-state index contributed by atoms with van der Waals surface area (Å²) >= 11 is 0. The average Bonchev–Trinajstić information content (AvgIpc) is 3.65. The topological polar surface area (TPSA) is 133 Å². The van der Waals surface area contributed by atoms with Gasteiger partial charge >= 0.3 is 0 Å². The molecule has 1 unspecified atom stereocenters. The molecule has 6 heterocycles. The number of nitrogens with one attached hydrogen (secondary N) is 1. The minimum atomic E-state index is -0.709. The van der Waals surface area contributed by atoms with Crippen LogP contribution >= 0.6 is 0 Å². The lowest BCUT2D eigenvalue weighted by molar-refractivity contribution is -0.146. The van der Waals surface area contributed by atoms with Crippen LogP contribution < -0.4 is 10.1 Å². The molecule has 0 fully saturated rings. The van der Waals surface area contributed by atoms with Gasteiger partial charge in [0.05, 0.1) is 49.0 Å². The predicted octanol–water partition coefficient (Wildman–Crippen LogP) is 1.36. The van der Waals surface area contributed by atoms with Gasteiger partial charge in [0.15, 0.2) is 5.82 Å². The Morgan fingerprint density at radius 1 is 1.11 bits per heavy atom. The molecule has 2 aliphatic heterocycles. The summed E-state index contributed by atoms with van der Waals surface area (Å²) in [5.74, 6) is 0.499. The molecule has 4 aromatic heterocycles. The second-order valence-electron chi connectivity index (χ2n) is 8.63. The Balaban J connectivity index is 1.26. The SMILES string of the molecule is COc1cnc(-n2cnc(C)n2)c2c1C(C(=O)C(=O)N1CCn3c(-c4ccccn4)cnc3C1)CN2. The van der Waals surface area contributed by atoms with Crippen molar-refractivity contribution in [1.82, 2.24) is 39.2 Å². The Bertz CT molecular complexity index is 1480. The van der Waals surface area contributed by atoms with Gasteiger partial charge in [-0.3, -0.25) is 14.6 Å². The molecule has 0 aromatic carbocycles. The van der Waals surface area contributed by atoms with E-state index < -0.39 is 17.6 Å². The number of hydrogen-bond acceptors (Lipinski definition) is 9. The number of pyridine rings is 2. The molecule has 36 heavy (non-hydrogen) atoms. The summed E-state index contributed by atoms with van der Waals surface area (Å²) in [7, 11) is 1.52.